The van der Waals surface area contributed by atoms with E-state index in [2.05, 4.69) is 15.3 Å². The normalized spacial score (nSPS) is 17.1. The fourth-order valence-corrected chi connectivity index (χ4v) is 6.21. The van der Waals surface area contributed by atoms with Gasteiger partial charge in [0.25, 0.3) is 5.56 Å². The van der Waals surface area contributed by atoms with Crippen LogP contribution < -0.4 is 10.9 Å². The van der Waals surface area contributed by atoms with Gasteiger partial charge < -0.3 is 5.32 Å². The van der Waals surface area contributed by atoms with Gasteiger partial charge in [-0.1, -0.05) is 12.1 Å². The molecule has 0 unspecified atom stereocenters. The van der Waals surface area contributed by atoms with Gasteiger partial charge in [-0.15, -0.1) is 22.7 Å². The van der Waals surface area contributed by atoms with Crippen molar-refractivity contribution in [3.8, 4) is 0 Å². The third-order valence-corrected chi connectivity index (χ3v) is 7.91. The van der Waals surface area contributed by atoms with Gasteiger partial charge in [0.1, 0.15) is 10.6 Å². The lowest BCUT2D eigenvalue weighted by Crippen LogP contribution is -2.34. The standard InChI is InChI=1S/C23H23FN4OS2/c1-13(19-11-30-14(2)27-19)28-12-26-22-21(23(28)29)18-7-6-17(9-20(18)31-22)25-10-15-4-3-5-16(24)8-15/h3-5,8,11-13,17,25H,6-7,9-10H2,1-2H3/t13-,17-/m0/s1. The molecule has 1 aliphatic rings. The van der Waals surface area contributed by atoms with Crippen LogP contribution >= 0.6 is 22.7 Å². The predicted molar refractivity (Wildman–Crippen MR) is 124 cm³/mol. The molecule has 5 nitrogen and oxygen atoms in total. The zero-order valence-corrected chi connectivity index (χ0v) is 19.0. The van der Waals surface area contributed by atoms with Gasteiger partial charge in [0.2, 0.25) is 0 Å². The SMILES string of the molecule is Cc1nc([C@H](C)n2cnc3sc4c(c3c2=O)CC[C@H](NCc2cccc(F)c2)C4)cs1. The summed E-state index contributed by atoms with van der Waals surface area (Å²) in [6.07, 6.45) is 4.32. The summed E-state index contributed by atoms with van der Waals surface area (Å²) in [4.78, 5) is 24.6. The number of thiophene rings is 1. The summed E-state index contributed by atoms with van der Waals surface area (Å²) < 4.78 is 15.1. The van der Waals surface area contributed by atoms with Gasteiger partial charge in [0.05, 0.1) is 28.5 Å². The number of aromatic nitrogens is 3. The predicted octanol–water partition coefficient (Wildman–Crippen LogP) is 4.62. The molecule has 160 valence electrons. The zero-order chi connectivity index (χ0) is 21.5. The van der Waals surface area contributed by atoms with E-state index in [1.165, 1.54) is 10.9 Å². The zero-order valence-electron chi connectivity index (χ0n) is 17.4. The number of fused-ring (bicyclic) bond motifs is 3. The molecule has 3 heterocycles. The van der Waals surface area contributed by atoms with E-state index in [1.54, 1.807) is 45.7 Å². The van der Waals surface area contributed by atoms with Gasteiger partial charge in [-0.05, 0) is 56.4 Å². The van der Waals surface area contributed by atoms with Gasteiger partial charge in [-0.2, -0.15) is 0 Å². The van der Waals surface area contributed by atoms with Crippen LogP contribution in [0.15, 0.2) is 40.8 Å². The molecule has 1 aromatic carbocycles. The summed E-state index contributed by atoms with van der Waals surface area (Å²) >= 11 is 3.22. The molecule has 2 atom stereocenters. The number of rotatable bonds is 5. The van der Waals surface area contributed by atoms with Crippen LogP contribution in [0.3, 0.4) is 0 Å². The summed E-state index contributed by atoms with van der Waals surface area (Å²) in [5.41, 5.74) is 3.01. The number of aryl methyl sites for hydroxylation is 2. The summed E-state index contributed by atoms with van der Waals surface area (Å²) in [5.74, 6) is -0.209. The van der Waals surface area contributed by atoms with Crippen LogP contribution in [0.4, 0.5) is 4.39 Å². The number of nitrogens with one attached hydrogen (secondary N) is 1. The molecule has 0 saturated carbocycles. The molecular weight excluding hydrogens is 431 g/mol. The fraction of sp³-hybridized carbons (Fsp3) is 0.348. The maximum absolute atomic E-state index is 13.4. The fourth-order valence-electron chi connectivity index (χ4n) is 4.25. The van der Waals surface area contributed by atoms with Crippen molar-refractivity contribution in [2.75, 3.05) is 0 Å². The molecule has 0 bridgehead atoms. The molecule has 0 fully saturated rings. The largest absolute Gasteiger partial charge is 0.310 e. The van der Waals surface area contributed by atoms with E-state index in [-0.39, 0.29) is 17.4 Å². The Morgan fingerprint density at radius 3 is 3.03 bits per heavy atom. The van der Waals surface area contributed by atoms with Crippen molar-refractivity contribution in [2.24, 2.45) is 0 Å². The molecule has 1 N–H and O–H groups in total. The van der Waals surface area contributed by atoms with E-state index in [0.29, 0.717) is 12.6 Å². The number of thiazole rings is 1. The second-order valence-corrected chi connectivity index (χ2v) is 10.2. The Labute approximate surface area is 187 Å². The Morgan fingerprint density at radius 1 is 1.39 bits per heavy atom. The maximum Gasteiger partial charge on any atom is 0.262 e. The molecule has 0 aliphatic heterocycles. The highest BCUT2D eigenvalue weighted by atomic mass is 32.1. The first-order chi connectivity index (χ1) is 15.0. The molecule has 31 heavy (non-hydrogen) atoms. The first kappa shape index (κ1) is 20.5. The molecule has 4 aromatic rings. The molecule has 5 rings (SSSR count). The highest BCUT2D eigenvalue weighted by Crippen LogP contribution is 2.34. The van der Waals surface area contributed by atoms with Gasteiger partial charge >= 0.3 is 0 Å². The van der Waals surface area contributed by atoms with Crippen LogP contribution in [0.5, 0.6) is 0 Å². The average molecular weight is 455 g/mol. The topological polar surface area (TPSA) is 59.8 Å². The number of halogens is 1. The molecule has 0 amide bonds. The molecule has 1 aliphatic carbocycles. The van der Waals surface area contributed by atoms with Crippen LogP contribution in [0.1, 0.15) is 46.1 Å². The van der Waals surface area contributed by atoms with Crippen molar-refractivity contribution in [1.82, 2.24) is 19.9 Å². The third-order valence-electron chi connectivity index (χ3n) is 5.96. The molecule has 8 heteroatoms. The van der Waals surface area contributed by atoms with Gasteiger partial charge in [0.15, 0.2) is 0 Å². The molecular formula is C23H23FN4OS2. The highest BCUT2D eigenvalue weighted by Gasteiger charge is 2.26. The first-order valence-corrected chi connectivity index (χ1v) is 12.1. The molecule has 0 saturated heterocycles. The van der Waals surface area contributed by atoms with Crippen LogP contribution in [0.25, 0.3) is 10.2 Å². The van der Waals surface area contributed by atoms with Crippen molar-refractivity contribution in [1.29, 1.82) is 0 Å². The summed E-state index contributed by atoms with van der Waals surface area (Å²) in [6.45, 7) is 4.60. The Hall–Kier alpha value is -2.42. The van der Waals surface area contributed by atoms with Crippen molar-refractivity contribution in [3.05, 3.63) is 78.8 Å². The minimum absolute atomic E-state index is 0.0202. The second-order valence-electron chi connectivity index (χ2n) is 8.06. The summed E-state index contributed by atoms with van der Waals surface area (Å²) in [6, 6.07) is 6.86. The van der Waals surface area contributed by atoms with Crippen LogP contribution in [0.2, 0.25) is 0 Å². The minimum Gasteiger partial charge on any atom is -0.310 e. The van der Waals surface area contributed by atoms with Crippen molar-refractivity contribution in [2.45, 2.75) is 51.7 Å². The number of hydrogen-bond acceptors (Lipinski definition) is 6. The monoisotopic (exact) mass is 454 g/mol. The van der Waals surface area contributed by atoms with E-state index < -0.39 is 0 Å². The third kappa shape index (κ3) is 3.95. The quantitative estimate of drug-likeness (QED) is 0.478. The maximum atomic E-state index is 13.4. The van der Waals surface area contributed by atoms with E-state index in [0.717, 1.165) is 51.3 Å². The highest BCUT2D eigenvalue weighted by molar-refractivity contribution is 7.18. The minimum atomic E-state index is -0.209. The smallest absolute Gasteiger partial charge is 0.262 e. The Morgan fingerprint density at radius 2 is 2.26 bits per heavy atom. The lowest BCUT2D eigenvalue weighted by atomic mass is 9.93. The van der Waals surface area contributed by atoms with Gasteiger partial charge in [-0.3, -0.25) is 9.36 Å². The summed E-state index contributed by atoms with van der Waals surface area (Å²) in [7, 11) is 0. The van der Waals surface area contributed by atoms with E-state index in [1.807, 2.05) is 25.3 Å². The molecule has 3 aromatic heterocycles. The Bertz CT molecular complexity index is 1310. The van der Waals surface area contributed by atoms with E-state index >= 15 is 0 Å². The molecule has 0 spiro atoms. The lowest BCUT2D eigenvalue weighted by Gasteiger charge is -2.23. The average Bonchev–Trinajstić information content (AvgIpc) is 3.35. The van der Waals surface area contributed by atoms with Gasteiger partial charge in [0, 0.05) is 22.8 Å². The van der Waals surface area contributed by atoms with Crippen molar-refractivity contribution in [3.63, 3.8) is 0 Å². The van der Waals surface area contributed by atoms with Crippen LogP contribution in [-0.4, -0.2) is 20.6 Å². The Kier molecular flexibility index (Phi) is 5.45. The van der Waals surface area contributed by atoms with Crippen molar-refractivity contribution >= 4 is 32.9 Å². The number of benzene rings is 1. The van der Waals surface area contributed by atoms with Crippen LogP contribution in [-0.2, 0) is 19.4 Å². The first-order valence-electron chi connectivity index (χ1n) is 10.4. The lowest BCUT2D eigenvalue weighted by molar-refractivity contribution is 0.462. The molecule has 0 radical (unpaired) electrons. The van der Waals surface area contributed by atoms with Crippen molar-refractivity contribution < 1.29 is 4.39 Å². The Balaban J connectivity index is 1.39. The second kappa shape index (κ2) is 8.26. The van der Waals surface area contributed by atoms with Crippen LogP contribution in [0, 0.1) is 12.7 Å². The number of nitrogens with zero attached hydrogens (tertiary/aromatic N) is 3. The summed E-state index contributed by atoms with van der Waals surface area (Å²) in [5, 5.41) is 7.32. The van der Waals surface area contributed by atoms with E-state index in [9.17, 15) is 9.18 Å². The van der Waals surface area contributed by atoms with E-state index in [4.69, 9.17) is 0 Å². The van der Waals surface area contributed by atoms with Gasteiger partial charge in [-0.25, -0.2) is 14.4 Å². The number of hydrogen-bond donors (Lipinski definition) is 1.